The molecule has 0 aliphatic rings. The zero-order valence-corrected chi connectivity index (χ0v) is 12.5. The molecule has 1 heterocycles. The van der Waals surface area contributed by atoms with Crippen LogP contribution in [-0.2, 0) is 17.9 Å². The molecule has 0 radical (unpaired) electrons. The molecule has 1 atom stereocenters. The minimum Gasteiger partial charge on any atom is -0.480 e. The third-order valence-electron chi connectivity index (χ3n) is 3.50. The molecule has 0 bridgehead atoms. The summed E-state index contributed by atoms with van der Waals surface area (Å²) in [4.78, 5) is 15.2. The van der Waals surface area contributed by atoms with E-state index in [4.69, 9.17) is 0 Å². The summed E-state index contributed by atoms with van der Waals surface area (Å²) in [6.45, 7) is 6.92. The third kappa shape index (κ3) is 3.88. The Morgan fingerprint density at radius 2 is 2.00 bits per heavy atom. The van der Waals surface area contributed by atoms with Crippen LogP contribution in [0.4, 0.5) is 0 Å². The van der Waals surface area contributed by atoms with Crippen LogP contribution in [0.5, 0.6) is 0 Å². The van der Waals surface area contributed by atoms with E-state index < -0.39 is 12.0 Å². The number of nitrogens with one attached hydrogen (secondary N) is 1. The average Bonchev–Trinajstić information content (AvgIpc) is 2.88. The predicted molar refractivity (Wildman–Crippen MR) is 78.9 cm³/mol. The Morgan fingerprint density at radius 1 is 1.33 bits per heavy atom. The zero-order valence-electron chi connectivity index (χ0n) is 12.5. The van der Waals surface area contributed by atoms with Gasteiger partial charge in [0.2, 0.25) is 0 Å². The van der Waals surface area contributed by atoms with E-state index in [-0.39, 0.29) is 6.54 Å². The molecular weight excluding hydrogens is 268 g/mol. The van der Waals surface area contributed by atoms with Gasteiger partial charge in [-0.25, -0.2) is 4.98 Å². The number of aromatic nitrogens is 3. The molecule has 0 spiro atoms. The molecule has 2 rings (SSSR count). The third-order valence-corrected chi connectivity index (χ3v) is 3.50. The number of rotatable bonds is 6. The first-order valence-electron chi connectivity index (χ1n) is 6.82. The van der Waals surface area contributed by atoms with Crippen LogP contribution in [0.1, 0.15) is 22.3 Å². The normalized spacial score (nSPS) is 12.3. The maximum atomic E-state index is 11.3. The van der Waals surface area contributed by atoms with Crippen LogP contribution in [-0.4, -0.2) is 31.9 Å². The second kappa shape index (κ2) is 6.49. The maximum Gasteiger partial charge on any atom is 0.322 e. The maximum absolute atomic E-state index is 11.3. The molecule has 0 aliphatic carbocycles. The van der Waals surface area contributed by atoms with Gasteiger partial charge in [-0.2, -0.15) is 5.10 Å². The Balaban J connectivity index is 2.07. The van der Waals surface area contributed by atoms with Gasteiger partial charge in [0.1, 0.15) is 18.7 Å². The number of nitrogens with zero attached hydrogens (tertiary/aromatic N) is 3. The molecule has 0 amide bonds. The van der Waals surface area contributed by atoms with Gasteiger partial charge >= 0.3 is 5.97 Å². The Hall–Kier alpha value is -2.21. The van der Waals surface area contributed by atoms with E-state index in [0.717, 1.165) is 5.56 Å². The van der Waals surface area contributed by atoms with Crippen LogP contribution in [0.25, 0.3) is 0 Å². The molecule has 112 valence electrons. The van der Waals surface area contributed by atoms with Crippen molar-refractivity contribution >= 4 is 5.97 Å². The lowest BCUT2D eigenvalue weighted by Gasteiger charge is -2.17. The average molecular weight is 288 g/mol. The van der Waals surface area contributed by atoms with Gasteiger partial charge in [-0.15, -0.1) is 0 Å². The number of hydrogen-bond donors (Lipinski definition) is 2. The van der Waals surface area contributed by atoms with Crippen molar-refractivity contribution in [3.05, 3.63) is 47.0 Å². The number of hydrogen-bond acceptors (Lipinski definition) is 4. The molecule has 6 nitrogen and oxygen atoms in total. The highest BCUT2D eigenvalue weighted by molar-refractivity contribution is 5.73. The molecule has 6 heteroatoms. The molecule has 1 unspecified atom stereocenters. The van der Waals surface area contributed by atoms with E-state index in [2.05, 4.69) is 34.5 Å². The summed E-state index contributed by atoms with van der Waals surface area (Å²) in [6.07, 6.45) is 2.91. The molecule has 0 saturated heterocycles. The van der Waals surface area contributed by atoms with E-state index in [1.807, 2.05) is 13.8 Å². The predicted octanol–water partition coefficient (Wildman–Crippen LogP) is 1.45. The second-order valence-corrected chi connectivity index (χ2v) is 5.27. The molecule has 2 aromatic rings. The molecular formula is C15H20N4O2. The summed E-state index contributed by atoms with van der Waals surface area (Å²) in [5.41, 5.74) is 4.70. The topological polar surface area (TPSA) is 80.0 Å². The SMILES string of the molecule is Cc1cc(C)c(CNC(Cn2cncn2)C(=O)O)c(C)c1. The highest BCUT2D eigenvalue weighted by Gasteiger charge is 2.18. The fourth-order valence-electron chi connectivity index (χ4n) is 2.46. The highest BCUT2D eigenvalue weighted by Crippen LogP contribution is 2.16. The molecule has 21 heavy (non-hydrogen) atoms. The molecule has 1 aromatic heterocycles. The number of benzene rings is 1. The van der Waals surface area contributed by atoms with Crippen molar-refractivity contribution in [2.24, 2.45) is 0 Å². The van der Waals surface area contributed by atoms with Crippen LogP contribution in [0.15, 0.2) is 24.8 Å². The number of aryl methyl sites for hydroxylation is 3. The number of aliphatic carboxylic acids is 1. The molecule has 0 fully saturated rings. The Morgan fingerprint density at radius 3 is 2.52 bits per heavy atom. The van der Waals surface area contributed by atoms with Gasteiger partial charge in [0.25, 0.3) is 0 Å². The smallest absolute Gasteiger partial charge is 0.322 e. The van der Waals surface area contributed by atoms with E-state index in [9.17, 15) is 9.90 Å². The minimum atomic E-state index is -0.895. The fraction of sp³-hybridized carbons (Fsp3) is 0.400. The lowest BCUT2D eigenvalue weighted by molar-refractivity contribution is -0.140. The first-order valence-corrected chi connectivity index (χ1v) is 6.82. The van der Waals surface area contributed by atoms with Gasteiger partial charge in [0.15, 0.2) is 0 Å². The monoisotopic (exact) mass is 288 g/mol. The summed E-state index contributed by atoms with van der Waals surface area (Å²) in [5, 5.41) is 16.3. The van der Waals surface area contributed by atoms with Crippen molar-refractivity contribution in [2.75, 3.05) is 0 Å². The number of carboxylic acids is 1. The van der Waals surface area contributed by atoms with Gasteiger partial charge in [-0.1, -0.05) is 17.7 Å². The Bertz CT molecular complexity index is 600. The molecule has 2 N–H and O–H groups in total. The Labute approximate surface area is 123 Å². The van der Waals surface area contributed by atoms with Crippen molar-refractivity contribution in [1.29, 1.82) is 0 Å². The van der Waals surface area contributed by atoms with E-state index >= 15 is 0 Å². The van der Waals surface area contributed by atoms with E-state index in [1.54, 1.807) is 0 Å². The standard InChI is InChI=1S/C15H20N4O2/c1-10-4-11(2)13(12(3)5-10)6-17-14(15(20)21)7-19-9-16-8-18-19/h4-5,8-9,14,17H,6-7H2,1-3H3,(H,20,21). The van der Waals surface area contributed by atoms with Crippen LogP contribution >= 0.6 is 0 Å². The molecule has 0 aliphatic heterocycles. The summed E-state index contributed by atoms with van der Waals surface area (Å²) in [5.74, 6) is -0.895. The summed E-state index contributed by atoms with van der Waals surface area (Å²) >= 11 is 0. The summed E-state index contributed by atoms with van der Waals surface area (Å²) < 4.78 is 1.51. The number of carbonyl (C=O) groups is 1. The van der Waals surface area contributed by atoms with E-state index in [1.165, 1.54) is 34.0 Å². The first-order chi connectivity index (χ1) is 9.97. The van der Waals surface area contributed by atoms with Crippen molar-refractivity contribution in [3.63, 3.8) is 0 Å². The quantitative estimate of drug-likeness (QED) is 0.841. The molecule has 0 saturated carbocycles. The number of carboxylic acid groups (broad SMARTS) is 1. The lowest BCUT2D eigenvalue weighted by atomic mass is 9.99. The van der Waals surface area contributed by atoms with Crippen LogP contribution in [0.2, 0.25) is 0 Å². The first kappa shape index (κ1) is 15.2. The summed E-state index contributed by atoms with van der Waals surface area (Å²) in [6, 6.07) is 3.51. The van der Waals surface area contributed by atoms with Gasteiger partial charge in [0, 0.05) is 6.54 Å². The second-order valence-electron chi connectivity index (χ2n) is 5.27. The van der Waals surface area contributed by atoms with Crippen LogP contribution in [0.3, 0.4) is 0 Å². The lowest BCUT2D eigenvalue weighted by Crippen LogP contribution is -2.40. The van der Waals surface area contributed by atoms with Gasteiger partial charge in [0.05, 0.1) is 6.54 Å². The molecule has 1 aromatic carbocycles. The van der Waals surface area contributed by atoms with Crippen molar-refractivity contribution in [2.45, 2.75) is 39.9 Å². The zero-order chi connectivity index (χ0) is 15.4. The van der Waals surface area contributed by atoms with Gasteiger partial charge in [-0.05, 0) is 37.5 Å². The fourth-order valence-corrected chi connectivity index (χ4v) is 2.46. The van der Waals surface area contributed by atoms with Crippen molar-refractivity contribution in [1.82, 2.24) is 20.1 Å². The largest absolute Gasteiger partial charge is 0.480 e. The minimum absolute atomic E-state index is 0.249. The summed E-state index contributed by atoms with van der Waals surface area (Å²) in [7, 11) is 0. The van der Waals surface area contributed by atoms with Gasteiger partial charge < -0.3 is 5.11 Å². The highest BCUT2D eigenvalue weighted by atomic mass is 16.4. The van der Waals surface area contributed by atoms with Crippen LogP contribution in [0, 0.1) is 20.8 Å². The van der Waals surface area contributed by atoms with Gasteiger partial charge in [-0.3, -0.25) is 14.8 Å². The Kier molecular flexibility index (Phi) is 4.70. The van der Waals surface area contributed by atoms with Crippen molar-refractivity contribution < 1.29 is 9.90 Å². The van der Waals surface area contributed by atoms with Crippen molar-refractivity contribution in [3.8, 4) is 0 Å². The van der Waals surface area contributed by atoms with Crippen LogP contribution < -0.4 is 5.32 Å². The van der Waals surface area contributed by atoms with E-state index in [0.29, 0.717) is 6.54 Å².